The molecular weight excluding hydrogens is 911 g/mol. The fraction of sp³-hybridized carbons (Fsp3) is 0.792. The van der Waals surface area contributed by atoms with Crippen molar-refractivity contribution in [3.8, 4) is 0 Å². The number of esters is 1. The van der Waals surface area contributed by atoms with E-state index in [1.165, 1.54) is 21.1 Å². The number of Topliss-reactive ketones (excluding diaryl/α,β-unsaturated/α-hetero) is 1. The second-order valence-electron chi connectivity index (χ2n) is 20.1. The lowest BCUT2D eigenvalue weighted by atomic mass is 9.74. The van der Waals surface area contributed by atoms with Gasteiger partial charge >= 0.3 is 5.97 Å². The van der Waals surface area contributed by atoms with Crippen LogP contribution in [0.15, 0.2) is 24.4 Å². The van der Waals surface area contributed by atoms with Gasteiger partial charge in [-0.3, -0.25) is 9.59 Å². The number of nitrogens with zero attached hydrogens (tertiary/aromatic N) is 4. The van der Waals surface area contributed by atoms with Crippen LogP contribution in [-0.4, -0.2) is 164 Å². The molecule has 0 unspecified atom stereocenters. The summed E-state index contributed by atoms with van der Waals surface area (Å²) in [5, 5.41) is 56.3. The molecule has 19 heteroatoms. The lowest BCUT2D eigenvalue weighted by Gasteiger charge is -2.50. The molecule has 0 radical (unpaired) electrons. The fourth-order valence-corrected chi connectivity index (χ4v) is 10.6. The standard InChI is InChI=1S/C48H76Cl2N4O13/c1-14-36-48(10,60)41(57)27(4)38(55)25(2)21-47(9,62-13)43(28(5)40(29(6)44(59)65-36)66-37-22-46(8,61-12)42(58)30(7)64-37)67-45-39(56)35(19-26(3)63-45)53(11)18-17-32-24-54(52-51-32)23-31-15-16-33(49)34(50)20-31/h15-16,20,24-30,35-37,39-43,45,56-58,60H,14,17-19,21-23H2,1-13H3/t25-,26-,27+,28+,29-,30+,35+,36-,37+,39-,40+,41-,42+,43-,45+,46-,47-,48-/m1/s1. The Morgan fingerprint density at radius 1 is 0.910 bits per heavy atom. The van der Waals surface area contributed by atoms with E-state index in [2.05, 4.69) is 10.3 Å². The summed E-state index contributed by atoms with van der Waals surface area (Å²) in [5.41, 5.74) is -2.71. The highest BCUT2D eigenvalue weighted by Crippen LogP contribution is 2.42. The molecule has 0 saturated carbocycles. The van der Waals surface area contributed by atoms with E-state index in [0.717, 1.165) is 11.3 Å². The summed E-state index contributed by atoms with van der Waals surface area (Å²) in [6, 6.07) is 4.99. The molecule has 0 bridgehead atoms. The molecule has 3 fully saturated rings. The third kappa shape index (κ3) is 12.6. The summed E-state index contributed by atoms with van der Waals surface area (Å²) < 4.78 is 46.4. The van der Waals surface area contributed by atoms with E-state index >= 15 is 0 Å². The fourth-order valence-electron chi connectivity index (χ4n) is 10.3. The van der Waals surface area contributed by atoms with E-state index in [0.29, 0.717) is 36.0 Å². The molecule has 67 heavy (non-hydrogen) atoms. The molecule has 4 N–H and O–H groups in total. The van der Waals surface area contributed by atoms with Crippen molar-refractivity contribution >= 4 is 35.0 Å². The summed E-state index contributed by atoms with van der Waals surface area (Å²) in [6.07, 6.45) is -7.16. The number of likely N-dealkylation sites (N-methyl/N-ethyl adjacent to an activating group) is 1. The molecule has 380 valence electrons. The monoisotopic (exact) mass is 986 g/mol. The Morgan fingerprint density at radius 3 is 2.21 bits per heavy atom. The average Bonchev–Trinajstić information content (AvgIpc) is 3.74. The van der Waals surface area contributed by atoms with Gasteiger partial charge in [0, 0.05) is 63.6 Å². The maximum atomic E-state index is 14.4. The summed E-state index contributed by atoms with van der Waals surface area (Å²) in [7, 11) is 4.92. The Hall–Kier alpha value is -2.36. The topological polar surface area (TPSA) is 214 Å². The molecule has 5 rings (SSSR count). The molecule has 1 aromatic heterocycles. The summed E-state index contributed by atoms with van der Waals surface area (Å²) in [6.45, 7) is 18.0. The van der Waals surface area contributed by atoms with Gasteiger partial charge in [-0.1, -0.05) is 62.2 Å². The molecule has 0 aliphatic carbocycles. The Labute approximate surface area is 406 Å². The van der Waals surface area contributed by atoms with Gasteiger partial charge in [0.2, 0.25) is 0 Å². The number of aliphatic hydroxyl groups excluding tert-OH is 3. The maximum absolute atomic E-state index is 14.4. The van der Waals surface area contributed by atoms with E-state index in [4.69, 9.17) is 56.4 Å². The molecule has 3 aliphatic heterocycles. The largest absolute Gasteiger partial charge is 0.459 e. The van der Waals surface area contributed by atoms with Crippen molar-refractivity contribution < 1.29 is 63.2 Å². The minimum Gasteiger partial charge on any atom is -0.459 e. The highest BCUT2D eigenvalue weighted by atomic mass is 35.5. The van der Waals surface area contributed by atoms with Gasteiger partial charge in [0.1, 0.15) is 29.7 Å². The molecule has 0 spiro atoms. The van der Waals surface area contributed by atoms with Crippen molar-refractivity contribution in [3.05, 3.63) is 45.7 Å². The smallest absolute Gasteiger partial charge is 0.311 e. The highest BCUT2D eigenvalue weighted by molar-refractivity contribution is 6.42. The zero-order valence-electron chi connectivity index (χ0n) is 41.4. The lowest BCUT2D eigenvalue weighted by Crippen LogP contribution is -2.61. The SMILES string of the molecule is CC[C@H]1OC(=O)[C@H](C)[C@@H](O[C@H]2C[C@@](C)(OC)[C@@H](O)[C@H](C)O2)[C@H](C)[C@@H](O[C@@H]2O[C@H](C)C[C@H](N(C)CCc3cn(Cc4ccc(Cl)c(Cl)c4)nn3)[C@H]2O)[C@](C)(OC)C[C@@H](C)C(=O)[C@H](C)[C@@H](O)[C@]1(C)O. The summed E-state index contributed by atoms with van der Waals surface area (Å²) in [5.74, 6) is -4.72. The first-order valence-electron chi connectivity index (χ1n) is 23.6. The number of ether oxygens (including phenoxy) is 7. The van der Waals surface area contributed by atoms with Gasteiger partial charge in [-0.25, -0.2) is 4.68 Å². The Bertz CT molecular complexity index is 1960. The molecule has 17 nitrogen and oxygen atoms in total. The van der Waals surface area contributed by atoms with Crippen LogP contribution in [0.5, 0.6) is 0 Å². The van der Waals surface area contributed by atoms with Gasteiger partial charge < -0.3 is 58.5 Å². The first kappa shape index (κ1) is 55.6. The van der Waals surface area contributed by atoms with Gasteiger partial charge in [0.15, 0.2) is 12.6 Å². The van der Waals surface area contributed by atoms with Crippen molar-refractivity contribution in [2.24, 2.45) is 23.7 Å². The minimum absolute atomic E-state index is 0.0671. The molecule has 2 aromatic rings. The number of carbonyl (C=O) groups is 2. The van der Waals surface area contributed by atoms with Crippen molar-refractivity contribution in [2.45, 2.75) is 192 Å². The molecule has 1 aromatic carbocycles. The number of cyclic esters (lactones) is 1. The van der Waals surface area contributed by atoms with Crippen LogP contribution < -0.4 is 0 Å². The number of hydrogen-bond acceptors (Lipinski definition) is 16. The average molecular weight is 988 g/mol. The van der Waals surface area contributed by atoms with Crippen LogP contribution in [0.25, 0.3) is 0 Å². The Balaban J connectivity index is 1.48. The predicted octanol–water partition coefficient (Wildman–Crippen LogP) is 5.00. The normalized spacial score (nSPS) is 40.7. The van der Waals surface area contributed by atoms with Crippen molar-refractivity contribution in [1.29, 1.82) is 0 Å². The van der Waals surface area contributed by atoms with Crippen molar-refractivity contribution in [2.75, 3.05) is 27.8 Å². The predicted molar refractivity (Wildman–Crippen MR) is 249 cm³/mol. The number of carbonyl (C=O) groups excluding carboxylic acids is 2. The Morgan fingerprint density at radius 2 is 1.58 bits per heavy atom. The minimum atomic E-state index is -2.00. The maximum Gasteiger partial charge on any atom is 0.311 e. The number of halogens is 2. The molecule has 18 atom stereocenters. The van der Waals surface area contributed by atoms with E-state index in [9.17, 15) is 30.0 Å². The quantitative estimate of drug-likeness (QED) is 0.195. The van der Waals surface area contributed by atoms with Crippen LogP contribution in [-0.2, 0) is 55.7 Å². The summed E-state index contributed by atoms with van der Waals surface area (Å²) >= 11 is 12.3. The molecule has 3 saturated heterocycles. The van der Waals surface area contributed by atoms with Crippen LogP contribution in [0.3, 0.4) is 0 Å². The van der Waals surface area contributed by atoms with Gasteiger partial charge in [0.05, 0.1) is 69.9 Å². The number of aromatic nitrogens is 3. The van der Waals surface area contributed by atoms with Gasteiger partial charge in [-0.2, -0.15) is 0 Å². The van der Waals surface area contributed by atoms with E-state index in [1.807, 2.05) is 38.1 Å². The third-order valence-electron chi connectivity index (χ3n) is 14.8. The molecule has 3 aliphatic rings. The zero-order chi connectivity index (χ0) is 49.9. The third-order valence-corrected chi connectivity index (χ3v) is 15.5. The number of hydrogen-bond donors (Lipinski definition) is 4. The number of rotatable bonds is 13. The number of benzene rings is 1. The van der Waals surface area contributed by atoms with Crippen LogP contribution in [0.4, 0.5) is 0 Å². The van der Waals surface area contributed by atoms with Crippen LogP contribution in [0.1, 0.15) is 106 Å². The van der Waals surface area contributed by atoms with Gasteiger partial charge in [0.25, 0.3) is 0 Å². The zero-order valence-corrected chi connectivity index (χ0v) is 42.9. The van der Waals surface area contributed by atoms with E-state index in [1.54, 1.807) is 65.3 Å². The highest BCUT2D eigenvalue weighted by Gasteiger charge is 2.54. The van der Waals surface area contributed by atoms with Crippen molar-refractivity contribution in [3.63, 3.8) is 0 Å². The van der Waals surface area contributed by atoms with Crippen LogP contribution in [0.2, 0.25) is 10.0 Å². The van der Waals surface area contributed by atoms with E-state index < -0.39 is 108 Å². The van der Waals surface area contributed by atoms with E-state index in [-0.39, 0.29) is 31.1 Å². The molecular formula is C48H76Cl2N4O13. The van der Waals surface area contributed by atoms with Crippen LogP contribution >= 0.6 is 23.2 Å². The first-order valence-corrected chi connectivity index (χ1v) is 24.3. The van der Waals surface area contributed by atoms with Crippen molar-refractivity contribution in [1.82, 2.24) is 19.9 Å². The number of ketones is 1. The Kier molecular flexibility index (Phi) is 18.9. The van der Waals surface area contributed by atoms with Gasteiger partial charge in [-0.15, -0.1) is 5.10 Å². The van der Waals surface area contributed by atoms with Crippen LogP contribution in [0, 0.1) is 23.7 Å². The lowest BCUT2D eigenvalue weighted by molar-refractivity contribution is -0.319. The number of aliphatic hydroxyl groups is 4. The first-order chi connectivity index (χ1) is 31.3. The molecule has 0 amide bonds. The van der Waals surface area contributed by atoms with Gasteiger partial charge in [-0.05, 0) is 85.5 Å². The number of methoxy groups -OCH3 is 2. The second-order valence-corrected chi connectivity index (χ2v) is 20.9. The molecule has 4 heterocycles. The summed E-state index contributed by atoms with van der Waals surface area (Å²) in [4.78, 5) is 30.7. The second kappa shape index (κ2) is 22.8.